The molecular formula is C44H61NO8. The number of rotatable bonds is 27. The Hall–Kier alpha value is -4.40. The zero-order valence-corrected chi connectivity index (χ0v) is 32.4. The molecule has 0 aromatic heterocycles. The Labute approximate surface area is 316 Å². The van der Waals surface area contributed by atoms with E-state index in [0.717, 1.165) is 37.7 Å². The van der Waals surface area contributed by atoms with Gasteiger partial charge in [-0.3, -0.25) is 10.1 Å². The number of carbonyl (C=O) groups excluding carboxylic acids is 2. The van der Waals surface area contributed by atoms with Gasteiger partial charge in [-0.25, -0.2) is 9.59 Å². The van der Waals surface area contributed by atoms with Gasteiger partial charge in [0.1, 0.15) is 17.2 Å². The van der Waals surface area contributed by atoms with Crippen molar-refractivity contribution < 1.29 is 33.5 Å². The van der Waals surface area contributed by atoms with Crippen LogP contribution in [0.5, 0.6) is 23.0 Å². The van der Waals surface area contributed by atoms with Crippen LogP contribution in [-0.2, 0) is 0 Å². The number of hydrogen-bond acceptors (Lipinski definition) is 8. The maximum atomic E-state index is 12.8. The molecule has 3 aromatic rings. The van der Waals surface area contributed by atoms with Gasteiger partial charge in [-0.2, -0.15) is 0 Å². The molecule has 53 heavy (non-hydrogen) atoms. The van der Waals surface area contributed by atoms with E-state index in [9.17, 15) is 19.7 Å². The number of hydrogen-bond donors (Lipinski definition) is 0. The molecule has 0 heterocycles. The molecule has 3 aromatic carbocycles. The first-order chi connectivity index (χ1) is 25.7. The standard InChI is InChI=1S/C44H61NO8/c1-5-6-7-8-9-10-11-12-13-14-15-16-31-51-42-29-22-37(33-41(42)45(48)49)44(47)53-39-23-20-36(21-24-39)43(46)52-40-27-25-38(26-28-40)50-32-30-35(4)19-17-18-34(2)3/h20-29,33-35H,5-19,30-32H2,1-4H3/t35-/m0/s1. The van der Waals surface area contributed by atoms with Gasteiger partial charge >= 0.3 is 17.6 Å². The zero-order chi connectivity index (χ0) is 38.3. The number of carbonyl (C=O) groups is 2. The molecule has 0 fully saturated rings. The Balaban J connectivity index is 1.38. The van der Waals surface area contributed by atoms with E-state index < -0.39 is 16.9 Å². The van der Waals surface area contributed by atoms with Gasteiger partial charge < -0.3 is 18.9 Å². The van der Waals surface area contributed by atoms with Crippen molar-refractivity contribution in [2.75, 3.05) is 13.2 Å². The molecule has 290 valence electrons. The third kappa shape index (κ3) is 17.3. The summed E-state index contributed by atoms with van der Waals surface area (Å²) in [7, 11) is 0. The van der Waals surface area contributed by atoms with Gasteiger partial charge in [0.05, 0.1) is 29.3 Å². The first kappa shape index (κ1) is 43.0. The van der Waals surface area contributed by atoms with Crippen molar-refractivity contribution in [3.63, 3.8) is 0 Å². The second-order valence-corrected chi connectivity index (χ2v) is 14.5. The first-order valence-corrected chi connectivity index (χ1v) is 19.8. The summed E-state index contributed by atoms with van der Waals surface area (Å²) >= 11 is 0. The van der Waals surface area contributed by atoms with E-state index in [1.807, 2.05) is 0 Å². The SMILES string of the molecule is CCCCCCCCCCCCCCOc1ccc(C(=O)Oc2ccc(C(=O)Oc3ccc(OCC[C@@H](C)CCCC(C)C)cc3)cc2)cc1[N+](=O)[O-]. The van der Waals surface area contributed by atoms with E-state index in [-0.39, 0.29) is 28.3 Å². The lowest BCUT2D eigenvalue weighted by atomic mass is 9.98. The molecule has 9 heteroatoms. The first-order valence-electron chi connectivity index (χ1n) is 19.8. The fourth-order valence-electron chi connectivity index (χ4n) is 6.03. The highest BCUT2D eigenvalue weighted by atomic mass is 16.6. The number of ether oxygens (including phenoxy) is 4. The van der Waals surface area contributed by atoms with Crippen LogP contribution >= 0.6 is 0 Å². The molecule has 0 aliphatic rings. The molecule has 0 aliphatic carbocycles. The van der Waals surface area contributed by atoms with Gasteiger partial charge in [0.25, 0.3) is 0 Å². The van der Waals surface area contributed by atoms with E-state index in [0.29, 0.717) is 30.6 Å². The van der Waals surface area contributed by atoms with Crippen molar-refractivity contribution in [1.82, 2.24) is 0 Å². The summed E-state index contributed by atoms with van der Waals surface area (Å²) in [6, 6.07) is 16.9. The number of nitro groups is 1. The Morgan fingerprint density at radius 2 is 1.09 bits per heavy atom. The quantitative estimate of drug-likeness (QED) is 0.0250. The number of unbranched alkanes of at least 4 members (excludes halogenated alkanes) is 11. The summed E-state index contributed by atoms with van der Waals surface area (Å²) in [6.45, 7) is 10.00. The van der Waals surface area contributed by atoms with E-state index >= 15 is 0 Å². The van der Waals surface area contributed by atoms with Crippen LogP contribution in [0.2, 0.25) is 0 Å². The summed E-state index contributed by atoms with van der Waals surface area (Å²) in [5.41, 5.74) is -0.0124. The topological polar surface area (TPSA) is 114 Å². The lowest BCUT2D eigenvalue weighted by Gasteiger charge is -2.13. The lowest BCUT2D eigenvalue weighted by Crippen LogP contribution is -2.11. The molecule has 3 rings (SSSR count). The van der Waals surface area contributed by atoms with Crippen molar-refractivity contribution in [1.29, 1.82) is 0 Å². The van der Waals surface area contributed by atoms with Crippen LogP contribution in [0.1, 0.15) is 151 Å². The van der Waals surface area contributed by atoms with Gasteiger partial charge in [-0.05, 0) is 85.3 Å². The number of esters is 2. The molecule has 0 radical (unpaired) electrons. The van der Waals surface area contributed by atoms with Crippen molar-refractivity contribution >= 4 is 17.6 Å². The highest BCUT2D eigenvalue weighted by Crippen LogP contribution is 2.29. The van der Waals surface area contributed by atoms with Gasteiger partial charge in [0.15, 0.2) is 5.75 Å². The van der Waals surface area contributed by atoms with Crippen LogP contribution in [0.25, 0.3) is 0 Å². The van der Waals surface area contributed by atoms with Crippen LogP contribution in [0.3, 0.4) is 0 Å². The second kappa shape index (κ2) is 24.8. The molecule has 0 bridgehead atoms. The predicted molar refractivity (Wildman–Crippen MR) is 210 cm³/mol. The molecule has 0 amide bonds. The fourth-order valence-corrected chi connectivity index (χ4v) is 6.03. The Morgan fingerprint density at radius 3 is 1.66 bits per heavy atom. The van der Waals surface area contributed by atoms with E-state index in [1.54, 1.807) is 24.3 Å². The van der Waals surface area contributed by atoms with Crippen molar-refractivity contribution in [2.45, 2.75) is 130 Å². The third-order valence-electron chi connectivity index (χ3n) is 9.34. The Bertz CT molecular complexity index is 1500. The van der Waals surface area contributed by atoms with Gasteiger partial charge in [0, 0.05) is 6.07 Å². The summed E-state index contributed by atoms with van der Waals surface area (Å²) in [5.74, 6) is 1.40. The predicted octanol–water partition coefficient (Wildman–Crippen LogP) is 12.3. The number of nitrogens with zero attached hydrogens (tertiary/aromatic N) is 1. The third-order valence-corrected chi connectivity index (χ3v) is 9.34. The average molecular weight is 732 g/mol. The van der Waals surface area contributed by atoms with E-state index in [1.165, 1.54) is 113 Å². The van der Waals surface area contributed by atoms with E-state index in [4.69, 9.17) is 18.9 Å². The second-order valence-electron chi connectivity index (χ2n) is 14.5. The Morgan fingerprint density at radius 1 is 0.585 bits per heavy atom. The molecule has 1 atom stereocenters. The Kier molecular flexibility index (Phi) is 20.1. The minimum atomic E-state index is -0.765. The molecule has 0 saturated heterocycles. The summed E-state index contributed by atoms with van der Waals surface area (Å²) in [4.78, 5) is 36.8. The summed E-state index contributed by atoms with van der Waals surface area (Å²) < 4.78 is 22.5. The van der Waals surface area contributed by atoms with Gasteiger partial charge in [0.2, 0.25) is 0 Å². The van der Waals surface area contributed by atoms with Crippen molar-refractivity contribution in [2.24, 2.45) is 11.8 Å². The van der Waals surface area contributed by atoms with Gasteiger partial charge in [-0.15, -0.1) is 0 Å². The molecule has 0 unspecified atom stereocenters. The molecule has 0 aliphatic heterocycles. The van der Waals surface area contributed by atoms with Crippen molar-refractivity contribution in [3.8, 4) is 23.0 Å². The lowest BCUT2D eigenvalue weighted by molar-refractivity contribution is -0.385. The highest BCUT2D eigenvalue weighted by Gasteiger charge is 2.20. The largest absolute Gasteiger partial charge is 0.494 e. The zero-order valence-electron chi connectivity index (χ0n) is 32.4. The van der Waals surface area contributed by atoms with Crippen LogP contribution in [0, 0.1) is 22.0 Å². The molecular weight excluding hydrogens is 670 g/mol. The van der Waals surface area contributed by atoms with Crippen LogP contribution in [0.4, 0.5) is 5.69 Å². The summed E-state index contributed by atoms with van der Waals surface area (Å²) in [5, 5.41) is 11.8. The maximum Gasteiger partial charge on any atom is 0.343 e. The smallest absolute Gasteiger partial charge is 0.343 e. The van der Waals surface area contributed by atoms with Gasteiger partial charge in [-0.1, -0.05) is 118 Å². The normalized spacial score (nSPS) is 11.6. The molecule has 9 nitrogen and oxygen atoms in total. The van der Waals surface area contributed by atoms with Crippen LogP contribution < -0.4 is 18.9 Å². The number of benzene rings is 3. The van der Waals surface area contributed by atoms with Crippen LogP contribution in [0.15, 0.2) is 66.7 Å². The monoisotopic (exact) mass is 731 g/mol. The summed E-state index contributed by atoms with van der Waals surface area (Å²) in [6.07, 6.45) is 19.3. The average Bonchev–Trinajstić information content (AvgIpc) is 3.14. The molecule has 0 saturated carbocycles. The molecule has 0 N–H and O–H groups in total. The minimum absolute atomic E-state index is 0.0153. The maximum absolute atomic E-state index is 12.8. The van der Waals surface area contributed by atoms with Crippen LogP contribution in [-0.4, -0.2) is 30.1 Å². The minimum Gasteiger partial charge on any atom is -0.494 e. The fraction of sp³-hybridized carbons (Fsp3) is 0.545. The van der Waals surface area contributed by atoms with Crippen molar-refractivity contribution in [3.05, 3.63) is 88.0 Å². The number of nitro benzene ring substituents is 1. The molecule has 0 spiro atoms. The van der Waals surface area contributed by atoms with E-state index in [2.05, 4.69) is 27.7 Å². The highest BCUT2D eigenvalue weighted by molar-refractivity contribution is 5.93.